The number of aromatic carboxylic acids is 1. The van der Waals surface area contributed by atoms with Gasteiger partial charge in [0.25, 0.3) is 0 Å². The number of benzene rings is 1. The topological polar surface area (TPSA) is 89.6 Å². The van der Waals surface area contributed by atoms with Crippen LogP contribution in [0.25, 0.3) is 11.0 Å². The quantitative estimate of drug-likeness (QED) is 0.747. The van der Waals surface area contributed by atoms with Crippen LogP contribution >= 0.6 is 0 Å². The predicted octanol–water partition coefficient (Wildman–Crippen LogP) is 2.99. The molecule has 1 aromatic carbocycles. The zero-order valence-electron chi connectivity index (χ0n) is 11.6. The zero-order chi connectivity index (χ0) is 15.7. The van der Waals surface area contributed by atoms with Crippen LogP contribution in [-0.2, 0) is 0 Å². The van der Waals surface area contributed by atoms with Gasteiger partial charge in [0.2, 0.25) is 5.88 Å². The third-order valence-electron chi connectivity index (χ3n) is 3.14. The van der Waals surface area contributed by atoms with Gasteiger partial charge < -0.3 is 14.3 Å². The number of aryl methyl sites for hydroxylation is 1. The fraction of sp³-hybridized carbons (Fsp3) is 0.0625. The highest BCUT2D eigenvalue weighted by molar-refractivity contribution is 5.90. The SMILES string of the molecule is Cc1cc(=O)oc2cc(Oc3ncccc3C(=O)O)ccc12. The summed E-state index contributed by atoms with van der Waals surface area (Å²) >= 11 is 0. The molecular formula is C16H11NO5. The van der Waals surface area contributed by atoms with Gasteiger partial charge in [-0.1, -0.05) is 0 Å². The summed E-state index contributed by atoms with van der Waals surface area (Å²) in [5.74, 6) is -0.821. The van der Waals surface area contributed by atoms with Crippen molar-refractivity contribution in [3.05, 3.63) is 64.1 Å². The normalized spacial score (nSPS) is 10.6. The predicted molar refractivity (Wildman–Crippen MR) is 78.5 cm³/mol. The van der Waals surface area contributed by atoms with E-state index in [2.05, 4.69) is 4.98 Å². The lowest BCUT2D eigenvalue weighted by Gasteiger charge is -2.08. The molecule has 0 radical (unpaired) electrons. The highest BCUT2D eigenvalue weighted by Crippen LogP contribution is 2.27. The number of hydrogen-bond donors (Lipinski definition) is 1. The molecule has 2 aromatic heterocycles. The molecule has 0 amide bonds. The van der Waals surface area contributed by atoms with E-state index in [1.807, 2.05) is 0 Å². The molecule has 6 nitrogen and oxygen atoms in total. The Morgan fingerprint density at radius 3 is 2.86 bits per heavy atom. The molecule has 1 N–H and O–H groups in total. The minimum Gasteiger partial charge on any atom is -0.477 e. The molecule has 0 aliphatic heterocycles. The van der Waals surface area contributed by atoms with E-state index in [1.54, 1.807) is 19.1 Å². The maximum absolute atomic E-state index is 11.4. The first-order valence-corrected chi connectivity index (χ1v) is 6.45. The number of pyridine rings is 1. The van der Waals surface area contributed by atoms with E-state index in [1.165, 1.54) is 30.5 Å². The molecule has 6 heteroatoms. The van der Waals surface area contributed by atoms with Crippen LogP contribution in [0, 0.1) is 6.92 Å². The lowest BCUT2D eigenvalue weighted by atomic mass is 10.1. The van der Waals surface area contributed by atoms with Gasteiger partial charge in [0.05, 0.1) is 0 Å². The van der Waals surface area contributed by atoms with Gasteiger partial charge in [-0.2, -0.15) is 0 Å². The Hall–Kier alpha value is -3.15. The molecule has 0 fully saturated rings. The number of carbonyl (C=O) groups is 1. The fourth-order valence-corrected chi connectivity index (χ4v) is 2.12. The van der Waals surface area contributed by atoms with Crippen LogP contribution in [0.5, 0.6) is 11.6 Å². The summed E-state index contributed by atoms with van der Waals surface area (Å²) in [5.41, 5.74) is 0.664. The summed E-state index contributed by atoms with van der Waals surface area (Å²) in [6.45, 7) is 1.81. The van der Waals surface area contributed by atoms with E-state index in [0.29, 0.717) is 11.3 Å². The molecule has 0 bridgehead atoms. The average molecular weight is 297 g/mol. The van der Waals surface area contributed by atoms with Crippen LogP contribution in [0.4, 0.5) is 0 Å². The van der Waals surface area contributed by atoms with Crippen LogP contribution < -0.4 is 10.4 Å². The Balaban J connectivity index is 2.05. The van der Waals surface area contributed by atoms with E-state index in [0.717, 1.165) is 10.9 Å². The van der Waals surface area contributed by atoms with Gasteiger partial charge in [0, 0.05) is 23.7 Å². The van der Waals surface area contributed by atoms with E-state index >= 15 is 0 Å². The lowest BCUT2D eigenvalue weighted by molar-refractivity contribution is 0.0693. The van der Waals surface area contributed by atoms with E-state index in [4.69, 9.17) is 14.3 Å². The summed E-state index contributed by atoms with van der Waals surface area (Å²) < 4.78 is 10.6. The molecule has 0 aliphatic rings. The van der Waals surface area contributed by atoms with E-state index in [-0.39, 0.29) is 11.4 Å². The number of hydrogen-bond acceptors (Lipinski definition) is 5. The largest absolute Gasteiger partial charge is 0.477 e. The number of nitrogens with zero attached hydrogens (tertiary/aromatic N) is 1. The van der Waals surface area contributed by atoms with Gasteiger partial charge >= 0.3 is 11.6 Å². The summed E-state index contributed by atoms with van der Waals surface area (Å²) in [6.07, 6.45) is 1.44. The summed E-state index contributed by atoms with van der Waals surface area (Å²) in [4.78, 5) is 26.5. The summed E-state index contributed by atoms with van der Waals surface area (Å²) in [6, 6.07) is 9.26. The van der Waals surface area contributed by atoms with E-state index in [9.17, 15) is 9.59 Å². The highest BCUT2D eigenvalue weighted by atomic mass is 16.5. The third-order valence-corrected chi connectivity index (χ3v) is 3.14. The van der Waals surface area contributed by atoms with Gasteiger partial charge in [-0.15, -0.1) is 0 Å². The average Bonchev–Trinajstić information content (AvgIpc) is 2.47. The van der Waals surface area contributed by atoms with Crippen molar-refractivity contribution in [2.24, 2.45) is 0 Å². The molecule has 3 rings (SSSR count). The molecule has 2 heterocycles. The number of aromatic nitrogens is 1. The van der Waals surface area contributed by atoms with Crippen molar-refractivity contribution in [1.29, 1.82) is 0 Å². The molecule has 3 aromatic rings. The van der Waals surface area contributed by atoms with Crippen molar-refractivity contribution in [3.8, 4) is 11.6 Å². The second-order valence-corrected chi connectivity index (χ2v) is 4.67. The smallest absolute Gasteiger partial charge is 0.341 e. The molecule has 0 unspecified atom stereocenters. The van der Waals surface area contributed by atoms with Gasteiger partial charge in [-0.25, -0.2) is 14.6 Å². The first-order valence-electron chi connectivity index (χ1n) is 6.45. The molecule has 0 saturated carbocycles. The van der Waals surface area contributed by atoms with Crippen LogP contribution in [0.2, 0.25) is 0 Å². The molecule has 0 saturated heterocycles. The van der Waals surface area contributed by atoms with Crippen molar-refractivity contribution in [1.82, 2.24) is 4.98 Å². The van der Waals surface area contributed by atoms with Crippen LogP contribution in [0.15, 0.2) is 51.8 Å². The Morgan fingerprint density at radius 2 is 2.09 bits per heavy atom. The second-order valence-electron chi connectivity index (χ2n) is 4.67. The minimum absolute atomic E-state index is 0.0237. The molecule has 0 aliphatic carbocycles. The van der Waals surface area contributed by atoms with Crippen LogP contribution in [0.3, 0.4) is 0 Å². The van der Waals surface area contributed by atoms with Crippen molar-refractivity contribution >= 4 is 16.9 Å². The van der Waals surface area contributed by atoms with Gasteiger partial charge in [0.15, 0.2) is 0 Å². The van der Waals surface area contributed by atoms with Gasteiger partial charge in [0.1, 0.15) is 16.9 Å². The standard InChI is InChI=1S/C16H11NO5/c1-9-7-14(18)22-13-8-10(4-5-11(9)13)21-15-12(16(19)20)3-2-6-17-15/h2-8H,1H3,(H,19,20). The number of fused-ring (bicyclic) bond motifs is 1. The van der Waals surface area contributed by atoms with E-state index < -0.39 is 11.6 Å². The van der Waals surface area contributed by atoms with Gasteiger partial charge in [-0.3, -0.25) is 0 Å². The monoisotopic (exact) mass is 297 g/mol. The number of ether oxygens (including phenoxy) is 1. The maximum atomic E-state index is 11.4. The van der Waals surface area contributed by atoms with Crippen LogP contribution in [0.1, 0.15) is 15.9 Å². The number of rotatable bonds is 3. The lowest BCUT2D eigenvalue weighted by Crippen LogP contribution is -2.02. The summed E-state index contributed by atoms with van der Waals surface area (Å²) in [5, 5.41) is 9.89. The molecular weight excluding hydrogens is 286 g/mol. The number of carboxylic acid groups (broad SMARTS) is 1. The Bertz CT molecular complexity index is 929. The van der Waals surface area contributed by atoms with Crippen molar-refractivity contribution in [3.63, 3.8) is 0 Å². The first kappa shape index (κ1) is 13.8. The molecule has 22 heavy (non-hydrogen) atoms. The Kier molecular flexibility index (Phi) is 3.34. The van der Waals surface area contributed by atoms with Crippen molar-refractivity contribution < 1.29 is 19.1 Å². The number of carboxylic acids is 1. The maximum Gasteiger partial charge on any atom is 0.341 e. The zero-order valence-corrected chi connectivity index (χ0v) is 11.6. The summed E-state index contributed by atoms with van der Waals surface area (Å²) in [7, 11) is 0. The fourth-order valence-electron chi connectivity index (χ4n) is 2.12. The first-order chi connectivity index (χ1) is 10.5. The van der Waals surface area contributed by atoms with Crippen molar-refractivity contribution in [2.75, 3.05) is 0 Å². The Morgan fingerprint density at radius 1 is 1.27 bits per heavy atom. The minimum atomic E-state index is -1.13. The van der Waals surface area contributed by atoms with Crippen LogP contribution in [-0.4, -0.2) is 16.1 Å². The van der Waals surface area contributed by atoms with Crippen molar-refractivity contribution in [2.45, 2.75) is 6.92 Å². The third kappa shape index (κ3) is 2.54. The van der Waals surface area contributed by atoms with Gasteiger partial charge in [-0.05, 0) is 36.8 Å². The molecule has 0 spiro atoms. The highest BCUT2D eigenvalue weighted by Gasteiger charge is 2.13. The second kappa shape index (κ2) is 5.33. The molecule has 110 valence electrons. The molecule has 0 atom stereocenters. The Labute approximate surface area is 124 Å².